The van der Waals surface area contributed by atoms with Crippen molar-refractivity contribution in [1.29, 1.82) is 0 Å². The predicted molar refractivity (Wildman–Crippen MR) is 95.5 cm³/mol. The summed E-state index contributed by atoms with van der Waals surface area (Å²) in [6, 6.07) is 8.97. The predicted octanol–water partition coefficient (Wildman–Crippen LogP) is 2.05. The van der Waals surface area contributed by atoms with Crippen molar-refractivity contribution in [3.8, 4) is 0 Å². The van der Waals surface area contributed by atoms with E-state index in [2.05, 4.69) is 39.8 Å². The zero-order valence-corrected chi connectivity index (χ0v) is 14.7. The zero-order chi connectivity index (χ0) is 16.5. The second-order valence-corrected chi connectivity index (χ2v) is 6.88. The van der Waals surface area contributed by atoms with E-state index in [1.807, 2.05) is 14.1 Å². The number of amides is 1. The minimum absolute atomic E-state index is 0.142. The van der Waals surface area contributed by atoms with Crippen LogP contribution in [0.4, 0.5) is 5.69 Å². The van der Waals surface area contributed by atoms with Gasteiger partial charge in [-0.1, -0.05) is 31.4 Å². The fourth-order valence-corrected chi connectivity index (χ4v) is 3.18. The van der Waals surface area contributed by atoms with Gasteiger partial charge in [0.25, 0.3) is 5.91 Å². The molecule has 0 atom stereocenters. The van der Waals surface area contributed by atoms with Gasteiger partial charge in [-0.3, -0.25) is 4.79 Å². The number of benzene rings is 1. The maximum Gasteiger partial charge on any atom is 0.275 e. The molecule has 1 saturated carbocycles. The highest BCUT2D eigenvalue weighted by Crippen LogP contribution is 2.15. The summed E-state index contributed by atoms with van der Waals surface area (Å²) in [6.07, 6.45) is 9.28. The molecule has 0 bridgehead atoms. The second-order valence-electron chi connectivity index (χ2n) is 6.88. The average molecular weight is 318 g/mol. The third-order valence-corrected chi connectivity index (χ3v) is 4.73. The van der Waals surface area contributed by atoms with Crippen molar-refractivity contribution in [3.05, 3.63) is 29.8 Å². The number of anilines is 1. The van der Waals surface area contributed by atoms with E-state index in [0.717, 1.165) is 5.56 Å². The molecule has 128 valence electrons. The summed E-state index contributed by atoms with van der Waals surface area (Å²) in [4.78, 5) is 14.1. The number of hydrogen-bond acceptors (Lipinski definition) is 2. The Bertz CT molecular complexity index is 462. The molecular formula is C19H32N3O+. The second kappa shape index (κ2) is 9.56. The summed E-state index contributed by atoms with van der Waals surface area (Å²) >= 11 is 0. The number of nitrogens with two attached hydrogens (primary N) is 1. The minimum atomic E-state index is 0.142. The summed E-state index contributed by atoms with van der Waals surface area (Å²) in [6.45, 7) is 1.17. The number of carbonyl (C=O) groups is 1. The number of rotatable bonds is 6. The van der Waals surface area contributed by atoms with Crippen LogP contribution in [0.2, 0.25) is 0 Å². The lowest BCUT2D eigenvalue weighted by Gasteiger charge is -2.18. The van der Waals surface area contributed by atoms with Crippen molar-refractivity contribution >= 4 is 11.6 Å². The highest BCUT2D eigenvalue weighted by Gasteiger charge is 2.15. The average Bonchev–Trinajstić information content (AvgIpc) is 2.52. The number of nitrogens with zero attached hydrogens (tertiary/aromatic N) is 1. The van der Waals surface area contributed by atoms with Gasteiger partial charge in [0.05, 0.1) is 6.04 Å². The van der Waals surface area contributed by atoms with Gasteiger partial charge in [0, 0.05) is 26.3 Å². The van der Waals surface area contributed by atoms with Crippen LogP contribution in [0, 0.1) is 0 Å². The van der Waals surface area contributed by atoms with Crippen molar-refractivity contribution in [1.82, 2.24) is 5.32 Å². The highest BCUT2D eigenvalue weighted by atomic mass is 16.1. The van der Waals surface area contributed by atoms with Crippen LogP contribution >= 0.6 is 0 Å². The van der Waals surface area contributed by atoms with Crippen molar-refractivity contribution in [2.45, 2.75) is 57.5 Å². The first-order chi connectivity index (χ1) is 11.1. The van der Waals surface area contributed by atoms with E-state index < -0.39 is 0 Å². The Labute approximate surface area is 140 Å². The lowest BCUT2D eigenvalue weighted by molar-refractivity contribution is -0.680. The van der Waals surface area contributed by atoms with E-state index in [1.54, 1.807) is 0 Å². The Morgan fingerprint density at radius 2 is 1.70 bits per heavy atom. The molecule has 2 rings (SSSR count). The summed E-state index contributed by atoms with van der Waals surface area (Å²) < 4.78 is 0. The smallest absolute Gasteiger partial charge is 0.275 e. The quantitative estimate of drug-likeness (QED) is 0.843. The van der Waals surface area contributed by atoms with Gasteiger partial charge in [-0.05, 0) is 43.4 Å². The Morgan fingerprint density at radius 1 is 1.09 bits per heavy atom. The van der Waals surface area contributed by atoms with Crippen molar-refractivity contribution in [2.24, 2.45) is 0 Å². The molecule has 0 heterocycles. The van der Waals surface area contributed by atoms with Crippen LogP contribution in [0.25, 0.3) is 0 Å². The molecule has 4 heteroatoms. The molecule has 0 radical (unpaired) electrons. The normalized spacial score (nSPS) is 16.4. The largest absolute Gasteiger partial charge is 0.378 e. The van der Waals surface area contributed by atoms with Crippen LogP contribution in [0.5, 0.6) is 0 Å². The van der Waals surface area contributed by atoms with Crippen LogP contribution in [0.15, 0.2) is 24.3 Å². The molecular weight excluding hydrogens is 286 g/mol. The van der Waals surface area contributed by atoms with Gasteiger partial charge in [-0.2, -0.15) is 0 Å². The number of nitrogens with one attached hydrogen (secondary N) is 1. The molecule has 0 unspecified atom stereocenters. The Morgan fingerprint density at radius 3 is 2.30 bits per heavy atom. The summed E-state index contributed by atoms with van der Waals surface area (Å²) in [5.41, 5.74) is 2.33. The van der Waals surface area contributed by atoms with Gasteiger partial charge < -0.3 is 15.5 Å². The van der Waals surface area contributed by atoms with Gasteiger partial charge in [0.2, 0.25) is 0 Å². The van der Waals surface area contributed by atoms with Gasteiger partial charge in [0.15, 0.2) is 6.54 Å². The van der Waals surface area contributed by atoms with E-state index in [1.165, 1.54) is 50.6 Å². The molecule has 0 spiro atoms. The number of quaternary nitrogens is 1. The number of hydrogen-bond donors (Lipinski definition) is 2. The summed E-state index contributed by atoms with van der Waals surface area (Å²) in [5, 5.41) is 5.28. The summed E-state index contributed by atoms with van der Waals surface area (Å²) in [7, 11) is 4.06. The molecule has 4 nitrogen and oxygen atoms in total. The van der Waals surface area contributed by atoms with E-state index in [9.17, 15) is 4.79 Å². The molecule has 23 heavy (non-hydrogen) atoms. The molecule has 1 aliphatic rings. The fourth-order valence-electron chi connectivity index (χ4n) is 3.18. The summed E-state index contributed by atoms with van der Waals surface area (Å²) in [5.74, 6) is 0.142. The molecule has 1 aromatic carbocycles. The first kappa shape index (κ1) is 17.8. The molecule has 1 aliphatic carbocycles. The minimum Gasteiger partial charge on any atom is -0.378 e. The van der Waals surface area contributed by atoms with E-state index in [-0.39, 0.29) is 5.91 Å². The first-order valence-corrected chi connectivity index (χ1v) is 9.01. The van der Waals surface area contributed by atoms with E-state index >= 15 is 0 Å². The van der Waals surface area contributed by atoms with Gasteiger partial charge in [0.1, 0.15) is 0 Å². The maximum atomic E-state index is 12.0. The number of carbonyl (C=O) groups excluding carboxylic acids is 1. The van der Waals surface area contributed by atoms with Crippen LogP contribution in [0.3, 0.4) is 0 Å². The highest BCUT2D eigenvalue weighted by molar-refractivity contribution is 5.76. The molecule has 0 aliphatic heterocycles. The van der Waals surface area contributed by atoms with Gasteiger partial charge in [-0.25, -0.2) is 0 Å². The van der Waals surface area contributed by atoms with Crippen molar-refractivity contribution in [2.75, 3.05) is 25.5 Å². The van der Waals surface area contributed by atoms with Crippen LogP contribution in [0.1, 0.15) is 50.5 Å². The topological polar surface area (TPSA) is 49.0 Å². The van der Waals surface area contributed by atoms with E-state index in [0.29, 0.717) is 19.1 Å². The standard InChI is InChI=1S/C19H31N3O/c1-22(2)18-12-10-16(11-13-18)14-21-19(23)15-20-17-8-6-4-3-5-7-9-17/h10-13,17,20H,3-9,14-15H2,1-2H3,(H,21,23)/p+1. The zero-order valence-electron chi connectivity index (χ0n) is 14.7. The Hall–Kier alpha value is -1.55. The fraction of sp³-hybridized carbons (Fsp3) is 0.632. The molecule has 1 amide bonds. The van der Waals surface area contributed by atoms with E-state index in [4.69, 9.17) is 0 Å². The third-order valence-electron chi connectivity index (χ3n) is 4.73. The molecule has 1 fully saturated rings. The third kappa shape index (κ3) is 6.61. The maximum absolute atomic E-state index is 12.0. The van der Waals surface area contributed by atoms with Crippen LogP contribution in [-0.4, -0.2) is 32.6 Å². The monoisotopic (exact) mass is 318 g/mol. The lowest BCUT2D eigenvalue weighted by Crippen LogP contribution is -2.92. The Balaban J connectivity index is 1.67. The molecule has 1 aromatic rings. The SMILES string of the molecule is CN(C)c1ccc(CNC(=O)C[NH2+]C2CCCCCCC2)cc1. The van der Waals surface area contributed by atoms with Crippen molar-refractivity contribution < 1.29 is 10.1 Å². The van der Waals surface area contributed by atoms with Crippen LogP contribution < -0.4 is 15.5 Å². The van der Waals surface area contributed by atoms with Crippen molar-refractivity contribution in [3.63, 3.8) is 0 Å². The molecule has 3 N–H and O–H groups in total. The Kier molecular flexibility index (Phi) is 7.40. The lowest BCUT2D eigenvalue weighted by atomic mass is 9.97. The molecule has 0 saturated heterocycles. The van der Waals surface area contributed by atoms with Gasteiger partial charge in [-0.15, -0.1) is 0 Å². The molecule has 0 aromatic heterocycles. The van der Waals surface area contributed by atoms with Gasteiger partial charge >= 0.3 is 0 Å². The van der Waals surface area contributed by atoms with Crippen LogP contribution in [-0.2, 0) is 11.3 Å². The first-order valence-electron chi connectivity index (χ1n) is 9.01.